The molecule has 1 aliphatic carbocycles. The van der Waals surface area contributed by atoms with Gasteiger partial charge in [0.05, 0.1) is 6.54 Å². The zero-order chi connectivity index (χ0) is 28.9. The predicted octanol–water partition coefficient (Wildman–Crippen LogP) is 4.95. The van der Waals surface area contributed by atoms with Crippen LogP contribution in [0.25, 0.3) is 10.9 Å². The molecule has 41 heavy (non-hydrogen) atoms. The molecule has 7 heteroatoms. The molecular formula is C34H47N5O2. The zero-order valence-corrected chi connectivity index (χ0v) is 25.3. The summed E-state index contributed by atoms with van der Waals surface area (Å²) in [7, 11) is 0. The third kappa shape index (κ3) is 7.02. The van der Waals surface area contributed by atoms with E-state index in [-0.39, 0.29) is 17.7 Å². The molecule has 1 aromatic heterocycles. The van der Waals surface area contributed by atoms with Crippen molar-refractivity contribution in [1.29, 1.82) is 0 Å². The fourth-order valence-corrected chi connectivity index (χ4v) is 6.75. The van der Waals surface area contributed by atoms with Crippen LogP contribution in [0.5, 0.6) is 0 Å². The highest BCUT2D eigenvalue weighted by molar-refractivity contribution is 5.91. The van der Waals surface area contributed by atoms with E-state index in [0.717, 1.165) is 48.2 Å². The summed E-state index contributed by atoms with van der Waals surface area (Å²) in [5.74, 6) is -0.459. The van der Waals surface area contributed by atoms with Gasteiger partial charge in [0.1, 0.15) is 6.04 Å². The second-order valence-corrected chi connectivity index (χ2v) is 12.3. The second-order valence-electron chi connectivity index (χ2n) is 12.3. The predicted molar refractivity (Wildman–Crippen MR) is 166 cm³/mol. The molecule has 2 aromatic carbocycles. The molecule has 1 aliphatic heterocycles. The SMILES string of the molecule is Cc1cc(CNC(=O)C(NC(=O)CN2CCN(C3CCCCC3)CC2)C(C)c2c[nH]c3ccccc23)cc(C)c1C. The van der Waals surface area contributed by atoms with E-state index in [0.29, 0.717) is 19.1 Å². The third-order valence-corrected chi connectivity index (χ3v) is 9.53. The maximum atomic E-state index is 13.7. The van der Waals surface area contributed by atoms with Crippen molar-refractivity contribution in [3.63, 3.8) is 0 Å². The molecule has 2 aliphatic rings. The number of rotatable bonds is 9. The van der Waals surface area contributed by atoms with Crippen molar-refractivity contribution in [3.8, 4) is 0 Å². The summed E-state index contributed by atoms with van der Waals surface area (Å²) < 4.78 is 0. The van der Waals surface area contributed by atoms with Crippen molar-refractivity contribution in [2.75, 3.05) is 32.7 Å². The Morgan fingerprint density at radius 3 is 2.37 bits per heavy atom. The second kappa shape index (κ2) is 13.2. The molecule has 0 bridgehead atoms. The minimum absolute atomic E-state index is 0.0926. The van der Waals surface area contributed by atoms with Crippen LogP contribution in [0.2, 0.25) is 0 Å². The van der Waals surface area contributed by atoms with Crippen LogP contribution >= 0.6 is 0 Å². The number of hydrogen-bond acceptors (Lipinski definition) is 4. The number of amides is 2. The monoisotopic (exact) mass is 557 g/mol. The van der Waals surface area contributed by atoms with Crippen molar-refractivity contribution >= 4 is 22.7 Å². The molecule has 7 nitrogen and oxygen atoms in total. The number of aryl methyl sites for hydroxylation is 2. The fourth-order valence-electron chi connectivity index (χ4n) is 6.75. The van der Waals surface area contributed by atoms with Gasteiger partial charge in [-0.1, -0.05) is 56.5 Å². The molecule has 2 fully saturated rings. The van der Waals surface area contributed by atoms with Crippen LogP contribution in [0.15, 0.2) is 42.6 Å². The molecular weight excluding hydrogens is 510 g/mol. The average Bonchev–Trinajstić information content (AvgIpc) is 3.42. The van der Waals surface area contributed by atoms with E-state index < -0.39 is 6.04 Å². The minimum atomic E-state index is -0.683. The first-order valence-corrected chi connectivity index (χ1v) is 15.5. The molecule has 5 rings (SSSR count). The van der Waals surface area contributed by atoms with Gasteiger partial charge in [-0.05, 0) is 67.5 Å². The van der Waals surface area contributed by atoms with E-state index in [1.165, 1.54) is 48.8 Å². The first-order valence-electron chi connectivity index (χ1n) is 15.5. The van der Waals surface area contributed by atoms with Crippen molar-refractivity contribution < 1.29 is 9.59 Å². The number of para-hydroxylation sites is 1. The largest absolute Gasteiger partial charge is 0.361 e. The van der Waals surface area contributed by atoms with Gasteiger partial charge >= 0.3 is 0 Å². The number of carbonyl (C=O) groups is 2. The highest BCUT2D eigenvalue weighted by atomic mass is 16.2. The van der Waals surface area contributed by atoms with Crippen molar-refractivity contribution in [2.24, 2.45) is 0 Å². The molecule has 2 heterocycles. The summed E-state index contributed by atoms with van der Waals surface area (Å²) in [6.07, 6.45) is 8.64. The lowest BCUT2D eigenvalue weighted by molar-refractivity contribution is -0.130. The summed E-state index contributed by atoms with van der Waals surface area (Å²) in [5.41, 5.74) is 6.84. The average molecular weight is 558 g/mol. The van der Waals surface area contributed by atoms with E-state index in [2.05, 4.69) is 64.4 Å². The number of aromatic amines is 1. The van der Waals surface area contributed by atoms with Gasteiger partial charge < -0.3 is 15.6 Å². The van der Waals surface area contributed by atoms with Gasteiger partial charge in [0.15, 0.2) is 0 Å². The number of hydrogen-bond donors (Lipinski definition) is 3. The van der Waals surface area contributed by atoms with Gasteiger partial charge in [-0.3, -0.25) is 19.4 Å². The molecule has 2 atom stereocenters. The number of aromatic nitrogens is 1. The number of H-pyrrole nitrogens is 1. The fraction of sp³-hybridized carbons (Fsp3) is 0.529. The van der Waals surface area contributed by atoms with E-state index in [1.54, 1.807) is 0 Å². The Labute approximate surface area is 245 Å². The van der Waals surface area contributed by atoms with Gasteiger partial charge in [0.2, 0.25) is 11.8 Å². The lowest BCUT2D eigenvalue weighted by atomic mass is 9.92. The van der Waals surface area contributed by atoms with E-state index in [1.807, 2.05) is 31.3 Å². The molecule has 220 valence electrons. The lowest BCUT2D eigenvalue weighted by Crippen LogP contribution is -2.55. The third-order valence-electron chi connectivity index (χ3n) is 9.53. The Kier molecular flexibility index (Phi) is 9.46. The molecule has 3 N–H and O–H groups in total. The highest BCUT2D eigenvalue weighted by Gasteiger charge is 2.31. The Bertz CT molecular complexity index is 1330. The van der Waals surface area contributed by atoms with Crippen LogP contribution in [-0.2, 0) is 16.1 Å². The van der Waals surface area contributed by atoms with Gasteiger partial charge in [-0.25, -0.2) is 0 Å². The van der Waals surface area contributed by atoms with Crippen LogP contribution in [0.1, 0.15) is 72.8 Å². The van der Waals surface area contributed by atoms with Crippen molar-refractivity contribution in [2.45, 2.75) is 84.3 Å². The van der Waals surface area contributed by atoms with Crippen molar-refractivity contribution in [3.05, 3.63) is 70.4 Å². The molecule has 3 aromatic rings. The summed E-state index contributed by atoms with van der Waals surface area (Å²) in [5, 5.41) is 7.35. The number of nitrogens with zero attached hydrogens (tertiary/aromatic N) is 2. The quantitative estimate of drug-likeness (QED) is 0.348. The summed E-state index contributed by atoms with van der Waals surface area (Å²) in [4.78, 5) is 35.3. The smallest absolute Gasteiger partial charge is 0.243 e. The maximum Gasteiger partial charge on any atom is 0.243 e. The Hall–Kier alpha value is -3.16. The zero-order valence-electron chi connectivity index (χ0n) is 25.3. The van der Waals surface area contributed by atoms with Gasteiger partial charge in [0, 0.05) is 61.8 Å². The Morgan fingerprint density at radius 2 is 1.66 bits per heavy atom. The standard InChI is InChI=1S/C34H47N5O2/c1-23-18-27(19-24(2)25(23)3)20-36-34(41)33(26(4)30-21-35-31-13-9-8-12-29(30)31)37-32(40)22-38-14-16-39(17-15-38)28-10-6-5-7-11-28/h8-9,12-13,18-19,21,26,28,33,35H,5-7,10-11,14-17,20,22H2,1-4H3,(H,36,41)(H,37,40). The van der Waals surface area contributed by atoms with Crippen molar-refractivity contribution in [1.82, 2.24) is 25.4 Å². The molecule has 0 radical (unpaired) electrons. The molecule has 2 unspecified atom stereocenters. The minimum Gasteiger partial charge on any atom is -0.361 e. The van der Waals surface area contributed by atoms with Crippen LogP contribution in [0.3, 0.4) is 0 Å². The normalized spacial score (nSPS) is 18.7. The number of nitrogens with one attached hydrogen (secondary N) is 3. The number of benzene rings is 2. The summed E-state index contributed by atoms with van der Waals surface area (Å²) in [6, 6.07) is 12.4. The van der Waals surface area contributed by atoms with E-state index in [4.69, 9.17) is 0 Å². The van der Waals surface area contributed by atoms with Crippen LogP contribution in [-0.4, -0.2) is 71.4 Å². The summed E-state index contributed by atoms with van der Waals surface area (Å²) >= 11 is 0. The first-order chi connectivity index (χ1) is 19.8. The molecule has 0 spiro atoms. The lowest BCUT2D eigenvalue weighted by Gasteiger charge is -2.40. The molecule has 1 saturated heterocycles. The maximum absolute atomic E-state index is 13.7. The number of carbonyl (C=O) groups excluding carboxylic acids is 2. The first kappa shape index (κ1) is 29.3. The number of piperazine rings is 1. The topological polar surface area (TPSA) is 80.5 Å². The van der Waals surface area contributed by atoms with E-state index in [9.17, 15) is 9.59 Å². The molecule has 1 saturated carbocycles. The number of fused-ring (bicyclic) bond motifs is 1. The van der Waals surface area contributed by atoms with Crippen LogP contribution in [0, 0.1) is 20.8 Å². The summed E-state index contributed by atoms with van der Waals surface area (Å²) in [6.45, 7) is 12.9. The van der Waals surface area contributed by atoms with Gasteiger partial charge in [0.25, 0.3) is 0 Å². The van der Waals surface area contributed by atoms with Gasteiger partial charge in [-0.2, -0.15) is 0 Å². The van der Waals surface area contributed by atoms with Gasteiger partial charge in [-0.15, -0.1) is 0 Å². The Balaban J connectivity index is 1.25. The van der Waals surface area contributed by atoms with Crippen LogP contribution < -0.4 is 10.6 Å². The van der Waals surface area contributed by atoms with Crippen LogP contribution in [0.4, 0.5) is 0 Å². The highest BCUT2D eigenvalue weighted by Crippen LogP contribution is 2.28. The molecule has 2 amide bonds. The Morgan fingerprint density at radius 1 is 0.976 bits per heavy atom. The van der Waals surface area contributed by atoms with E-state index >= 15 is 0 Å².